The molecule has 4 heteroatoms. The molecule has 0 N–H and O–H groups in total. The largest absolute Gasteiger partial charge is 0.456 e. The molecule has 0 saturated heterocycles. The van der Waals surface area contributed by atoms with Crippen molar-refractivity contribution in [2.45, 2.75) is 5.41 Å². The van der Waals surface area contributed by atoms with Gasteiger partial charge in [0, 0.05) is 25.9 Å². The van der Waals surface area contributed by atoms with Crippen molar-refractivity contribution in [3.05, 3.63) is 184 Å². The first-order valence-electron chi connectivity index (χ1n) is 16.2. The molecular formula is C44H25NO2S. The predicted molar refractivity (Wildman–Crippen MR) is 198 cm³/mol. The van der Waals surface area contributed by atoms with Gasteiger partial charge in [-0.25, -0.2) is 0 Å². The van der Waals surface area contributed by atoms with Gasteiger partial charge in [-0.15, -0.1) is 11.3 Å². The summed E-state index contributed by atoms with van der Waals surface area (Å²) < 4.78 is 9.08. The summed E-state index contributed by atoms with van der Waals surface area (Å²) in [7, 11) is 0. The molecule has 0 atom stereocenters. The van der Waals surface area contributed by atoms with Crippen LogP contribution in [0, 0.1) is 0 Å². The summed E-state index contributed by atoms with van der Waals surface area (Å²) in [4.78, 5) is 16.3. The molecule has 0 unspecified atom stereocenters. The SMILES string of the molecule is O=c1c2ccccc2oc2cc3c(cc12)-c1ccccc1C31c2ccccc2N(c2ccc3c(c2)sc2ccccc23)c2ccccc21. The molecule has 224 valence electrons. The van der Waals surface area contributed by atoms with Gasteiger partial charge in [-0.1, -0.05) is 97.1 Å². The van der Waals surface area contributed by atoms with Gasteiger partial charge in [0.15, 0.2) is 0 Å². The van der Waals surface area contributed by atoms with E-state index in [2.05, 4.69) is 132 Å². The Kier molecular flexibility index (Phi) is 5.07. The number of rotatable bonds is 1. The second-order valence-electron chi connectivity index (χ2n) is 12.8. The van der Waals surface area contributed by atoms with Gasteiger partial charge in [0.2, 0.25) is 5.43 Å². The van der Waals surface area contributed by atoms with Crippen molar-refractivity contribution in [2.75, 3.05) is 4.90 Å². The summed E-state index contributed by atoms with van der Waals surface area (Å²) in [6.45, 7) is 0. The normalized spacial score (nSPS) is 14.0. The molecular weight excluding hydrogens is 607 g/mol. The zero-order valence-electron chi connectivity index (χ0n) is 25.6. The van der Waals surface area contributed by atoms with E-state index in [0.29, 0.717) is 21.9 Å². The van der Waals surface area contributed by atoms with E-state index < -0.39 is 5.41 Å². The zero-order valence-corrected chi connectivity index (χ0v) is 26.4. The van der Waals surface area contributed by atoms with Crippen molar-refractivity contribution in [3.8, 4) is 11.1 Å². The molecule has 11 rings (SSSR count). The van der Waals surface area contributed by atoms with E-state index in [1.807, 2.05) is 35.6 Å². The maximum Gasteiger partial charge on any atom is 0.200 e. The Morgan fingerprint density at radius 1 is 0.479 bits per heavy atom. The van der Waals surface area contributed by atoms with E-state index in [-0.39, 0.29) is 5.43 Å². The highest BCUT2D eigenvalue weighted by Gasteiger charge is 2.52. The van der Waals surface area contributed by atoms with Gasteiger partial charge in [0.25, 0.3) is 0 Å². The van der Waals surface area contributed by atoms with Gasteiger partial charge >= 0.3 is 0 Å². The summed E-state index contributed by atoms with van der Waals surface area (Å²) in [5.41, 5.74) is 11.0. The van der Waals surface area contributed by atoms with E-state index in [1.54, 1.807) is 0 Å². The molecule has 1 spiro atoms. The van der Waals surface area contributed by atoms with E-state index in [9.17, 15) is 4.79 Å². The topological polar surface area (TPSA) is 33.5 Å². The van der Waals surface area contributed by atoms with E-state index in [4.69, 9.17) is 4.42 Å². The van der Waals surface area contributed by atoms with Crippen LogP contribution in [-0.4, -0.2) is 0 Å². The maximum atomic E-state index is 13.8. The van der Waals surface area contributed by atoms with E-state index in [0.717, 1.165) is 33.8 Å². The molecule has 7 aromatic carbocycles. The number of hydrogen-bond acceptors (Lipinski definition) is 4. The molecule has 0 radical (unpaired) electrons. The van der Waals surface area contributed by atoms with E-state index in [1.165, 1.54) is 36.9 Å². The molecule has 0 amide bonds. The molecule has 48 heavy (non-hydrogen) atoms. The Balaban J connectivity index is 1.24. The minimum absolute atomic E-state index is 0.000306. The minimum atomic E-state index is -0.615. The lowest BCUT2D eigenvalue weighted by atomic mass is 9.64. The van der Waals surface area contributed by atoms with Crippen molar-refractivity contribution in [3.63, 3.8) is 0 Å². The van der Waals surface area contributed by atoms with Crippen LogP contribution >= 0.6 is 11.3 Å². The first-order chi connectivity index (χ1) is 23.7. The number of hydrogen-bond donors (Lipinski definition) is 0. The fraction of sp³-hybridized carbons (Fsp3) is 0.0227. The van der Waals surface area contributed by atoms with Gasteiger partial charge in [-0.2, -0.15) is 0 Å². The van der Waals surface area contributed by atoms with E-state index >= 15 is 0 Å². The number of benzene rings is 7. The van der Waals surface area contributed by atoms with Gasteiger partial charge in [0.05, 0.1) is 27.6 Å². The van der Waals surface area contributed by atoms with Crippen molar-refractivity contribution in [1.82, 2.24) is 0 Å². The molecule has 3 heterocycles. The summed E-state index contributed by atoms with van der Waals surface area (Å²) in [6.07, 6.45) is 0. The fourth-order valence-corrected chi connectivity index (χ4v) is 9.67. The van der Waals surface area contributed by atoms with Crippen molar-refractivity contribution < 1.29 is 4.42 Å². The molecule has 1 aliphatic heterocycles. The molecule has 1 aliphatic carbocycles. The van der Waals surface area contributed by atoms with Gasteiger partial charge in [0.1, 0.15) is 11.2 Å². The van der Waals surface area contributed by atoms with Crippen LogP contribution in [0.2, 0.25) is 0 Å². The predicted octanol–water partition coefficient (Wildman–Crippen LogP) is 11.5. The van der Waals surface area contributed by atoms with Crippen LogP contribution < -0.4 is 10.3 Å². The summed E-state index contributed by atoms with van der Waals surface area (Å²) in [5.74, 6) is 0. The van der Waals surface area contributed by atoms with Crippen molar-refractivity contribution in [1.29, 1.82) is 0 Å². The average Bonchev–Trinajstić information content (AvgIpc) is 3.64. The fourth-order valence-electron chi connectivity index (χ4n) is 8.53. The molecule has 2 aromatic heterocycles. The third-order valence-corrected chi connectivity index (χ3v) is 11.6. The minimum Gasteiger partial charge on any atom is -0.456 e. The lowest BCUT2D eigenvalue weighted by Crippen LogP contribution is -2.36. The van der Waals surface area contributed by atoms with Gasteiger partial charge in [-0.05, 0) is 88.0 Å². The lowest BCUT2D eigenvalue weighted by molar-refractivity contribution is 0.657. The Morgan fingerprint density at radius 3 is 1.94 bits per heavy atom. The number of anilines is 3. The van der Waals surface area contributed by atoms with Gasteiger partial charge < -0.3 is 9.32 Å². The highest BCUT2D eigenvalue weighted by atomic mass is 32.1. The summed E-state index contributed by atoms with van der Waals surface area (Å²) in [5, 5.41) is 3.79. The molecule has 0 bridgehead atoms. The van der Waals surface area contributed by atoms with Crippen LogP contribution in [0.25, 0.3) is 53.2 Å². The number of fused-ring (bicyclic) bond motifs is 14. The van der Waals surface area contributed by atoms with Crippen molar-refractivity contribution in [2.24, 2.45) is 0 Å². The first-order valence-corrected chi connectivity index (χ1v) is 17.0. The van der Waals surface area contributed by atoms with Crippen LogP contribution in [0.4, 0.5) is 17.1 Å². The number of para-hydroxylation sites is 3. The second kappa shape index (κ2) is 9.31. The zero-order chi connectivity index (χ0) is 31.6. The molecule has 0 fully saturated rings. The highest BCUT2D eigenvalue weighted by molar-refractivity contribution is 7.25. The molecule has 9 aromatic rings. The summed E-state index contributed by atoms with van der Waals surface area (Å²) >= 11 is 1.84. The van der Waals surface area contributed by atoms with Crippen LogP contribution in [0.5, 0.6) is 0 Å². The maximum absolute atomic E-state index is 13.8. The number of nitrogens with zero attached hydrogens (tertiary/aromatic N) is 1. The van der Waals surface area contributed by atoms with Gasteiger partial charge in [-0.3, -0.25) is 4.79 Å². The average molecular weight is 632 g/mol. The molecule has 0 saturated carbocycles. The monoisotopic (exact) mass is 631 g/mol. The van der Waals surface area contributed by atoms with Crippen LogP contribution in [0.15, 0.2) is 161 Å². The number of thiophene rings is 1. The smallest absolute Gasteiger partial charge is 0.200 e. The third kappa shape index (κ3) is 3.20. The Morgan fingerprint density at radius 2 is 1.12 bits per heavy atom. The standard InChI is InChI=1S/C44H25NO2S/c46-43-30-13-2-9-19-39(30)47-40-25-36-31(24-32(40)43)27-11-1-4-14-33(27)44(36)34-15-5-7-17-37(34)45(38-18-8-6-16-35(38)44)26-21-22-29-28-12-3-10-20-41(28)48-42(29)23-26/h1-25H. The highest BCUT2D eigenvalue weighted by Crippen LogP contribution is 2.63. The first kappa shape index (κ1) is 26.1. The second-order valence-corrected chi connectivity index (χ2v) is 13.8. The Bertz CT molecular complexity index is 2850. The van der Waals surface area contributed by atoms with Crippen LogP contribution in [0.1, 0.15) is 22.3 Å². The van der Waals surface area contributed by atoms with Crippen LogP contribution in [0.3, 0.4) is 0 Å². The Labute approximate surface area is 279 Å². The van der Waals surface area contributed by atoms with Crippen molar-refractivity contribution >= 4 is 70.5 Å². The Hall–Kier alpha value is -5.97. The van der Waals surface area contributed by atoms with Crippen LogP contribution in [-0.2, 0) is 5.41 Å². The lowest BCUT2D eigenvalue weighted by Gasteiger charge is -2.45. The molecule has 2 aliphatic rings. The summed E-state index contributed by atoms with van der Waals surface area (Å²) in [6, 6.07) is 53.6. The quantitative estimate of drug-likeness (QED) is 0.169. The third-order valence-electron chi connectivity index (χ3n) is 10.5. The molecule has 3 nitrogen and oxygen atoms in total.